The molecule has 0 aromatic heterocycles. The van der Waals surface area contributed by atoms with Crippen LogP contribution in [0.4, 0.5) is 4.39 Å². The zero-order chi connectivity index (χ0) is 8.27. The van der Waals surface area contributed by atoms with Gasteiger partial charge in [0.1, 0.15) is 5.83 Å². The Balaban J connectivity index is 2.97. The molecule has 0 heterocycles. The van der Waals surface area contributed by atoms with E-state index in [0.717, 1.165) is 18.4 Å². The zero-order valence-corrected chi connectivity index (χ0v) is 7.02. The van der Waals surface area contributed by atoms with Crippen LogP contribution in [0.5, 0.6) is 0 Å². The van der Waals surface area contributed by atoms with E-state index in [-0.39, 0.29) is 5.83 Å². The van der Waals surface area contributed by atoms with Gasteiger partial charge in [0.15, 0.2) is 0 Å². The first kappa shape index (κ1) is 8.25. The molecule has 0 amide bonds. The fourth-order valence-corrected chi connectivity index (χ4v) is 1.15. The van der Waals surface area contributed by atoms with Crippen molar-refractivity contribution in [1.82, 2.24) is 0 Å². The van der Waals surface area contributed by atoms with E-state index < -0.39 is 0 Å². The van der Waals surface area contributed by atoms with E-state index in [4.69, 9.17) is 0 Å². The number of hydrogen-bond donors (Lipinski definition) is 0. The maximum Gasteiger partial charge on any atom is 0.126 e. The molecule has 0 saturated heterocycles. The second-order valence-corrected chi connectivity index (χ2v) is 2.82. The molecule has 0 aromatic rings. The molecular formula is C10H13F. The predicted octanol–water partition coefficient (Wildman–Crippen LogP) is 3.53. The van der Waals surface area contributed by atoms with E-state index in [2.05, 4.69) is 0 Å². The van der Waals surface area contributed by atoms with Crippen molar-refractivity contribution in [3.63, 3.8) is 0 Å². The lowest BCUT2D eigenvalue weighted by molar-refractivity contribution is 0.653. The Morgan fingerprint density at radius 3 is 2.91 bits per heavy atom. The highest BCUT2D eigenvalue weighted by atomic mass is 19.1. The molecule has 1 aliphatic carbocycles. The van der Waals surface area contributed by atoms with Gasteiger partial charge in [-0.05, 0) is 31.4 Å². The zero-order valence-electron chi connectivity index (χ0n) is 7.02. The maximum atomic E-state index is 13.0. The van der Waals surface area contributed by atoms with Crippen LogP contribution in [-0.2, 0) is 0 Å². The van der Waals surface area contributed by atoms with E-state index in [1.807, 2.05) is 26.0 Å². The van der Waals surface area contributed by atoms with Crippen LogP contribution in [0.25, 0.3) is 0 Å². The summed E-state index contributed by atoms with van der Waals surface area (Å²) in [5.41, 5.74) is 2.04. The molecule has 0 N–H and O–H groups in total. The van der Waals surface area contributed by atoms with Gasteiger partial charge in [-0.3, -0.25) is 0 Å². The summed E-state index contributed by atoms with van der Waals surface area (Å²) in [4.78, 5) is 0. The maximum absolute atomic E-state index is 13.0. The third kappa shape index (κ3) is 2.04. The largest absolute Gasteiger partial charge is 0.207 e. The molecule has 1 heteroatoms. The second-order valence-electron chi connectivity index (χ2n) is 2.82. The number of halogens is 1. The monoisotopic (exact) mass is 152 g/mol. The lowest BCUT2D eigenvalue weighted by atomic mass is 10.1. The van der Waals surface area contributed by atoms with E-state index in [1.165, 1.54) is 5.57 Å². The summed E-state index contributed by atoms with van der Waals surface area (Å²) in [5, 5.41) is 0. The van der Waals surface area contributed by atoms with Crippen LogP contribution in [0, 0.1) is 0 Å². The number of hydrogen-bond acceptors (Lipinski definition) is 0. The summed E-state index contributed by atoms with van der Waals surface area (Å²) >= 11 is 0. The molecule has 0 atom stereocenters. The molecular weight excluding hydrogens is 139 g/mol. The van der Waals surface area contributed by atoms with E-state index in [1.54, 1.807) is 6.08 Å². The molecule has 0 bridgehead atoms. The Bertz CT molecular complexity index is 231. The average molecular weight is 152 g/mol. The van der Waals surface area contributed by atoms with Crippen molar-refractivity contribution < 1.29 is 4.39 Å². The van der Waals surface area contributed by atoms with Gasteiger partial charge >= 0.3 is 0 Å². The van der Waals surface area contributed by atoms with E-state index >= 15 is 0 Å². The molecule has 0 aliphatic heterocycles. The molecule has 0 aromatic carbocycles. The molecule has 1 aliphatic rings. The van der Waals surface area contributed by atoms with Gasteiger partial charge in [-0.1, -0.05) is 24.6 Å². The van der Waals surface area contributed by atoms with Crippen molar-refractivity contribution in [2.24, 2.45) is 0 Å². The van der Waals surface area contributed by atoms with Crippen molar-refractivity contribution in [3.05, 3.63) is 35.2 Å². The molecule has 0 saturated carbocycles. The molecule has 0 fully saturated rings. The highest BCUT2D eigenvalue weighted by Crippen LogP contribution is 2.20. The molecule has 60 valence electrons. The normalized spacial score (nSPS) is 18.3. The summed E-state index contributed by atoms with van der Waals surface area (Å²) in [6.07, 6.45) is 7.01. The Kier molecular flexibility index (Phi) is 2.64. The van der Waals surface area contributed by atoms with Gasteiger partial charge in [0.25, 0.3) is 0 Å². The summed E-state index contributed by atoms with van der Waals surface area (Å²) in [5.74, 6) is -0.0793. The quantitative estimate of drug-likeness (QED) is 0.539. The fraction of sp³-hybridized carbons (Fsp3) is 0.400. The van der Waals surface area contributed by atoms with Crippen LogP contribution in [0.3, 0.4) is 0 Å². The SMILES string of the molecule is CCC1=C(F)C=CCC(C)=C1. The van der Waals surface area contributed by atoms with Crippen molar-refractivity contribution in [2.75, 3.05) is 0 Å². The highest BCUT2D eigenvalue weighted by molar-refractivity contribution is 5.34. The summed E-state index contributed by atoms with van der Waals surface area (Å²) < 4.78 is 13.0. The Labute approximate surface area is 67.1 Å². The first-order valence-electron chi connectivity index (χ1n) is 3.96. The minimum Gasteiger partial charge on any atom is -0.207 e. The average Bonchev–Trinajstić information content (AvgIpc) is 2.13. The van der Waals surface area contributed by atoms with Crippen LogP contribution in [0.2, 0.25) is 0 Å². The number of rotatable bonds is 1. The van der Waals surface area contributed by atoms with Gasteiger partial charge in [0.2, 0.25) is 0 Å². The van der Waals surface area contributed by atoms with Gasteiger partial charge in [-0.2, -0.15) is 0 Å². The lowest BCUT2D eigenvalue weighted by Gasteiger charge is -1.97. The van der Waals surface area contributed by atoms with E-state index in [9.17, 15) is 4.39 Å². The first-order valence-corrected chi connectivity index (χ1v) is 3.96. The van der Waals surface area contributed by atoms with Crippen LogP contribution in [0.1, 0.15) is 26.7 Å². The summed E-state index contributed by atoms with van der Waals surface area (Å²) in [6, 6.07) is 0. The third-order valence-electron chi connectivity index (χ3n) is 1.81. The topological polar surface area (TPSA) is 0 Å². The van der Waals surface area contributed by atoms with Crippen molar-refractivity contribution in [1.29, 1.82) is 0 Å². The van der Waals surface area contributed by atoms with Gasteiger partial charge in [-0.25, -0.2) is 4.39 Å². The Morgan fingerprint density at radius 1 is 1.55 bits per heavy atom. The number of allylic oxidation sites excluding steroid dienone is 6. The Hall–Kier alpha value is -0.850. The van der Waals surface area contributed by atoms with Crippen molar-refractivity contribution in [2.45, 2.75) is 26.7 Å². The van der Waals surface area contributed by atoms with Crippen LogP contribution < -0.4 is 0 Å². The van der Waals surface area contributed by atoms with Gasteiger partial charge in [0, 0.05) is 0 Å². The third-order valence-corrected chi connectivity index (χ3v) is 1.81. The van der Waals surface area contributed by atoms with Gasteiger partial charge in [-0.15, -0.1) is 0 Å². The predicted molar refractivity (Wildman–Crippen MR) is 45.9 cm³/mol. The van der Waals surface area contributed by atoms with Gasteiger partial charge < -0.3 is 0 Å². The molecule has 11 heavy (non-hydrogen) atoms. The molecule has 0 spiro atoms. The molecule has 1 rings (SSSR count). The minimum absolute atomic E-state index is 0.0793. The molecule has 0 nitrogen and oxygen atoms in total. The van der Waals surface area contributed by atoms with Gasteiger partial charge in [0.05, 0.1) is 0 Å². The first-order chi connectivity index (χ1) is 5.24. The standard InChI is InChI=1S/C10H13F/c1-3-9-7-8(2)5-4-6-10(9)11/h4,6-7H,3,5H2,1-2H3. The van der Waals surface area contributed by atoms with Crippen molar-refractivity contribution >= 4 is 0 Å². The lowest BCUT2D eigenvalue weighted by Crippen LogP contribution is -1.79. The minimum atomic E-state index is -0.0793. The molecule has 0 unspecified atom stereocenters. The summed E-state index contributed by atoms with van der Waals surface area (Å²) in [7, 11) is 0. The molecule has 0 radical (unpaired) electrons. The second kappa shape index (κ2) is 3.51. The highest BCUT2D eigenvalue weighted by Gasteiger charge is 2.02. The van der Waals surface area contributed by atoms with Crippen LogP contribution in [0.15, 0.2) is 35.2 Å². The fourth-order valence-electron chi connectivity index (χ4n) is 1.15. The van der Waals surface area contributed by atoms with E-state index in [0.29, 0.717) is 0 Å². The smallest absolute Gasteiger partial charge is 0.126 e. The van der Waals surface area contributed by atoms with Crippen LogP contribution in [-0.4, -0.2) is 0 Å². The Morgan fingerprint density at radius 2 is 2.27 bits per heavy atom. The van der Waals surface area contributed by atoms with Crippen LogP contribution >= 0.6 is 0 Å². The van der Waals surface area contributed by atoms with Crippen molar-refractivity contribution in [3.8, 4) is 0 Å². The summed E-state index contributed by atoms with van der Waals surface area (Å²) in [6.45, 7) is 4.00.